The van der Waals surface area contributed by atoms with E-state index in [1.165, 1.54) is 29.2 Å². The van der Waals surface area contributed by atoms with Crippen LogP contribution in [0.15, 0.2) is 47.1 Å². The van der Waals surface area contributed by atoms with Crippen molar-refractivity contribution in [2.24, 2.45) is 5.92 Å². The van der Waals surface area contributed by atoms with Gasteiger partial charge < -0.3 is 19.0 Å². The molecule has 0 N–H and O–H groups in total. The number of carbonyl (C=O) groups is 2. The van der Waals surface area contributed by atoms with E-state index < -0.39 is 5.82 Å². The van der Waals surface area contributed by atoms with Crippen molar-refractivity contribution in [1.82, 2.24) is 9.80 Å². The number of carbonyl (C=O) groups excluding carboxylic acids is 2. The van der Waals surface area contributed by atoms with E-state index in [-0.39, 0.29) is 30.4 Å². The summed E-state index contributed by atoms with van der Waals surface area (Å²) in [5.41, 5.74) is 0.363. The van der Waals surface area contributed by atoms with Crippen molar-refractivity contribution in [1.29, 1.82) is 0 Å². The van der Waals surface area contributed by atoms with Crippen LogP contribution in [0.4, 0.5) is 4.39 Å². The maximum absolute atomic E-state index is 13.2. The molecule has 0 spiro atoms. The summed E-state index contributed by atoms with van der Waals surface area (Å²) in [6, 6.07) is 9.01. The van der Waals surface area contributed by atoms with E-state index >= 15 is 0 Å². The van der Waals surface area contributed by atoms with E-state index in [1.807, 2.05) is 19.9 Å². The van der Waals surface area contributed by atoms with Crippen molar-refractivity contribution in [3.05, 3.63) is 59.8 Å². The van der Waals surface area contributed by atoms with Crippen LogP contribution in [0.2, 0.25) is 0 Å². The summed E-state index contributed by atoms with van der Waals surface area (Å²) >= 11 is 0. The molecule has 1 saturated heterocycles. The van der Waals surface area contributed by atoms with E-state index in [2.05, 4.69) is 0 Å². The first-order valence-electron chi connectivity index (χ1n) is 10.4. The summed E-state index contributed by atoms with van der Waals surface area (Å²) < 4.78 is 24.4. The van der Waals surface area contributed by atoms with Crippen molar-refractivity contribution in [3.8, 4) is 0 Å². The maximum Gasteiger partial charge on any atom is 0.254 e. The number of hydrogen-bond donors (Lipinski definition) is 0. The van der Waals surface area contributed by atoms with Gasteiger partial charge in [0.15, 0.2) is 0 Å². The van der Waals surface area contributed by atoms with Gasteiger partial charge in [-0.25, -0.2) is 4.39 Å². The Morgan fingerprint density at radius 2 is 1.93 bits per heavy atom. The second-order valence-corrected chi connectivity index (χ2v) is 8.08. The van der Waals surface area contributed by atoms with Gasteiger partial charge in [-0.3, -0.25) is 9.59 Å². The summed E-state index contributed by atoms with van der Waals surface area (Å²) in [5.74, 6) is 0.00449. The van der Waals surface area contributed by atoms with Crippen LogP contribution in [0.3, 0.4) is 0 Å². The zero-order valence-corrected chi connectivity index (χ0v) is 17.6. The molecule has 0 saturated carbocycles. The normalized spacial score (nSPS) is 16.1. The Labute approximate surface area is 176 Å². The van der Waals surface area contributed by atoms with Crippen LogP contribution in [0.1, 0.15) is 42.8 Å². The number of benzene rings is 1. The lowest BCUT2D eigenvalue weighted by atomic mass is 10.1. The molecule has 0 aliphatic carbocycles. The molecule has 0 radical (unpaired) electrons. The molecule has 2 amide bonds. The van der Waals surface area contributed by atoms with Gasteiger partial charge in [0.1, 0.15) is 18.1 Å². The fourth-order valence-corrected chi connectivity index (χ4v) is 3.58. The van der Waals surface area contributed by atoms with Crippen LogP contribution < -0.4 is 0 Å². The van der Waals surface area contributed by atoms with E-state index in [9.17, 15) is 14.0 Å². The Morgan fingerprint density at radius 1 is 1.17 bits per heavy atom. The first kappa shape index (κ1) is 22.0. The van der Waals surface area contributed by atoms with E-state index in [4.69, 9.17) is 9.15 Å². The SMILES string of the molecule is CC(C)CN(CC(=O)N(Cc1ccco1)CC1CCCO1)C(=O)c1ccc(F)cc1. The summed E-state index contributed by atoms with van der Waals surface area (Å²) in [5, 5.41) is 0. The van der Waals surface area contributed by atoms with Crippen molar-refractivity contribution in [2.45, 2.75) is 39.3 Å². The highest BCUT2D eigenvalue weighted by molar-refractivity contribution is 5.96. The highest BCUT2D eigenvalue weighted by Crippen LogP contribution is 2.17. The van der Waals surface area contributed by atoms with Crippen molar-refractivity contribution < 1.29 is 23.1 Å². The van der Waals surface area contributed by atoms with Crippen LogP contribution in [0, 0.1) is 11.7 Å². The molecular formula is C23H29FN2O4. The molecule has 0 bridgehead atoms. The molecule has 2 heterocycles. The van der Waals surface area contributed by atoms with Gasteiger partial charge in [-0.15, -0.1) is 0 Å². The molecule has 1 atom stereocenters. The summed E-state index contributed by atoms with van der Waals surface area (Å²) in [7, 11) is 0. The Morgan fingerprint density at radius 3 is 2.53 bits per heavy atom. The quantitative estimate of drug-likeness (QED) is 0.625. The molecular weight excluding hydrogens is 387 g/mol. The largest absolute Gasteiger partial charge is 0.467 e. The minimum absolute atomic E-state index is 0.00439. The van der Waals surface area contributed by atoms with Crippen molar-refractivity contribution in [2.75, 3.05) is 26.2 Å². The second-order valence-electron chi connectivity index (χ2n) is 8.08. The molecule has 1 aromatic heterocycles. The molecule has 6 nitrogen and oxygen atoms in total. The lowest BCUT2D eigenvalue weighted by molar-refractivity contribution is -0.134. The molecule has 7 heteroatoms. The number of hydrogen-bond acceptors (Lipinski definition) is 4. The number of amides is 2. The van der Waals surface area contributed by atoms with Gasteiger partial charge in [-0.05, 0) is 55.2 Å². The molecule has 1 aromatic carbocycles. The third kappa shape index (κ3) is 6.16. The molecule has 2 aromatic rings. The fraction of sp³-hybridized carbons (Fsp3) is 0.478. The fourth-order valence-electron chi connectivity index (χ4n) is 3.58. The second kappa shape index (κ2) is 10.4. The average molecular weight is 416 g/mol. The summed E-state index contributed by atoms with van der Waals surface area (Å²) in [4.78, 5) is 29.4. The van der Waals surface area contributed by atoms with Crippen LogP contribution in [0.5, 0.6) is 0 Å². The van der Waals surface area contributed by atoms with Gasteiger partial charge in [0.2, 0.25) is 5.91 Å². The molecule has 3 rings (SSSR count). The van der Waals surface area contributed by atoms with Gasteiger partial charge in [0.05, 0.1) is 18.9 Å². The number of rotatable bonds is 9. The molecule has 30 heavy (non-hydrogen) atoms. The summed E-state index contributed by atoms with van der Waals surface area (Å²) in [6.07, 6.45) is 3.46. The third-order valence-electron chi connectivity index (χ3n) is 5.02. The predicted molar refractivity (Wildman–Crippen MR) is 110 cm³/mol. The Kier molecular flexibility index (Phi) is 7.63. The van der Waals surface area contributed by atoms with E-state index in [0.29, 0.717) is 37.6 Å². The molecule has 162 valence electrons. The molecule has 1 aliphatic heterocycles. The minimum atomic E-state index is -0.403. The molecule has 1 fully saturated rings. The number of halogens is 1. The van der Waals surface area contributed by atoms with Crippen molar-refractivity contribution in [3.63, 3.8) is 0 Å². The van der Waals surface area contributed by atoms with Crippen LogP contribution in [-0.4, -0.2) is 54.0 Å². The number of nitrogens with zero attached hydrogens (tertiary/aromatic N) is 2. The maximum atomic E-state index is 13.2. The highest BCUT2D eigenvalue weighted by Gasteiger charge is 2.27. The van der Waals surface area contributed by atoms with Gasteiger partial charge in [0.25, 0.3) is 5.91 Å². The average Bonchev–Trinajstić information content (AvgIpc) is 3.41. The summed E-state index contributed by atoms with van der Waals surface area (Å²) in [6.45, 7) is 5.84. The molecule has 1 unspecified atom stereocenters. The van der Waals surface area contributed by atoms with E-state index in [0.717, 1.165) is 12.8 Å². The zero-order valence-electron chi connectivity index (χ0n) is 17.6. The van der Waals surface area contributed by atoms with Gasteiger partial charge >= 0.3 is 0 Å². The lowest BCUT2D eigenvalue weighted by Crippen LogP contribution is -2.46. The van der Waals surface area contributed by atoms with E-state index in [1.54, 1.807) is 17.2 Å². The highest BCUT2D eigenvalue weighted by atomic mass is 19.1. The third-order valence-corrected chi connectivity index (χ3v) is 5.02. The van der Waals surface area contributed by atoms with Crippen LogP contribution >= 0.6 is 0 Å². The smallest absolute Gasteiger partial charge is 0.254 e. The van der Waals surface area contributed by atoms with Gasteiger partial charge in [-0.2, -0.15) is 0 Å². The first-order valence-corrected chi connectivity index (χ1v) is 10.4. The van der Waals surface area contributed by atoms with Gasteiger partial charge in [0, 0.05) is 25.3 Å². The zero-order chi connectivity index (χ0) is 21.5. The number of ether oxygens (including phenoxy) is 1. The minimum Gasteiger partial charge on any atom is -0.467 e. The predicted octanol–water partition coefficient (Wildman–Crippen LogP) is 3.72. The van der Waals surface area contributed by atoms with Crippen molar-refractivity contribution >= 4 is 11.8 Å². The Bertz CT molecular complexity index is 814. The van der Waals surface area contributed by atoms with Crippen LogP contribution in [-0.2, 0) is 16.1 Å². The Balaban J connectivity index is 1.74. The topological polar surface area (TPSA) is 63.0 Å². The van der Waals surface area contributed by atoms with Crippen LogP contribution in [0.25, 0.3) is 0 Å². The lowest BCUT2D eigenvalue weighted by Gasteiger charge is -2.29. The van der Waals surface area contributed by atoms with Gasteiger partial charge in [-0.1, -0.05) is 13.8 Å². The number of furan rings is 1. The standard InChI is InChI=1S/C23H29FN2O4/c1-17(2)13-26(23(28)18-7-9-19(24)10-8-18)16-22(27)25(14-20-5-3-11-29-20)15-21-6-4-12-30-21/h3,5,7-11,17,21H,4,6,12-16H2,1-2H3. The Hall–Kier alpha value is -2.67. The monoisotopic (exact) mass is 416 g/mol. The molecule has 1 aliphatic rings. The first-order chi connectivity index (χ1) is 14.4.